The second-order valence-corrected chi connectivity index (χ2v) is 5.94. The summed E-state index contributed by atoms with van der Waals surface area (Å²) in [5.41, 5.74) is 3.47. The fourth-order valence-corrected chi connectivity index (χ4v) is 2.83. The molecule has 0 saturated heterocycles. The van der Waals surface area contributed by atoms with Crippen LogP contribution in [0.1, 0.15) is 31.7 Å². The first kappa shape index (κ1) is 14.9. The molecule has 0 bridgehead atoms. The molecule has 2 aromatic carbocycles. The molecule has 0 N–H and O–H groups in total. The standard InChI is InChI=1S/C19H17F3/c1-12-2-4-13(5-3-12)14-6-8-15(9-7-14)16-10-17(20)19(22)18(21)11-16/h4,6-12H,2-3,5H2,1H3. The Morgan fingerprint density at radius 3 is 2.00 bits per heavy atom. The minimum atomic E-state index is -1.43. The number of halogens is 3. The van der Waals surface area contributed by atoms with E-state index in [2.05, 4.69) is 13.0 Å². The van der Waals surface area contributed by atoms with Crippen LogP contribution in [0.5, 0.6) is 0 Å². The Morgan fingerprint density at radius 2 is 1.45 bits per heavy atom. The van der Waals surface area contributed by atoms with Gasteiger partial charge in [0.1, 0.15) is 0 Å². The lowest BCUT2D eigenvalue weighted by Crippen LogP contribution is -2.00. The van der Waals surface area contributed by atoms with Gasteiger partial charge in [0.05, 0.1) is 0 Å². The number of rotatable bonds is 2. The van der Waals surface area contributed by atoms with E-state index in [4.69, 9.17) is 0 Å². The molecule has 0 amide bonds. The minimum absolute atomic E-state index is 0.342. The van der Waals surface area contributed by atoms with E-state index in [1.54, 1.807) is 0 Å². The van der Waals surface area contributed by atoms with E-state index < -0.39 is 17.5 Å². The van der Waals surface area contributed by atoms with Gasteiger partial charge >= 0.3 is 0 Å². The molecule has 0 fully saturated rings. The van der Waals surface area contributed by atoms with Crippen molar-refractivity contribution in [3.8, 4) is 11.1 Å². The predicted molar refractivity (Wildman–Crippen MR) is 82.7 cm³/mol. The molecule has 0 saturated carbocycles. The van der Waals surface area contributed by atoms with Gasteiger partial charge in [0.2, 0.25) is 0 Å². The van der Waals surface area contributed by atoms with Crippen molar-refractivity contribution in [2.75, 3.05) is 0 Å². The third-order valence-electron chi connectivity index (χ3n) is 4.25. The highest BCUT2D eigenvalue weighted by molar-refractivity contribution is 5.71. The summed E-state index contributed by atoms with van der Waals surface area (Å²) < 4.78 is 39.6. The third kappa shape index (κ3) is 2.94. The summed E-state index contributed by atoms with van der Waals surface area (Å²) in [7, 11) is 0. The average molecular weight is 302 g/mol. The lowest BCUT2D eigenvalue weighted by Gasteiger charge is -2.18. The topological polar surface area (TPSA) is 0 Å². The van der Waals surface area contributed by atoms with Crippen LogP contribution >= 0.6 is 0 Å². The first-order valence-electron chi connectivity index (χ1n) is 7.49. The van der Waals surface area contributed by atoms with Crippen LogP contribution in [0.2, 0.25) is 0 Å². The van der Waals surface area contributed by atoms with E-state index in [1.807, 2.05) is 24.3 Å². The van der Waals surface area contributed by atoms with Gasteiger partial charge in [0, 0.05) is 0 Å². The SMILES string of the molecule is CC1CC=C(c2ccc(-c3cc(F)c(F)c(F)c3)cc2)CC1. The zero-order valence-electron chi connectivity index (χ0n) is 12.4. The van der Waals surface area contributed by atoms with Crippen LogP contribution in [-0.2, 0) is 0 Å². The molecule has 1 unspecified atom stereocenters. The van der Waals surface area contributed by atoms with Crippen LogP contribution in [-0.4, -0.2) is 0 Å². The minimum Gasteiger partial charge on any atom is -0.204 e. The Balaban J connectivity index is 1.89. The van der Waals surface area contributed by atoms with E-state index in [9.17, 15) is 13.2 Å². The molecule has 1 atom stereocenters. The average Bonchev–Trinajstić information content (AvgIpc) is 2.53. The van der Waals surface area contributed by atoms with Crippen molar-refractivity contribution >= 4 is 5.57 Å². The largest absolute Gasteiger partial charge is 0.204 e. The van der Waals surface area contributed by atoms with Gasteiger partial charge in [-0.05, 0) is 59.6 Å². The van der Waals surface area contributed by atoms with Gasteiger partial charge < -0.3 is 0 Å². The predicted octanol–water partition coefficient (Wildman–Crippen LogP) is 5.97. The quantitative estimate of drug-likeness (QED) is 0.599. The van der Waals surface area contributed by atoms with Crippen molar-refractivity contribution in [1.82, 2.24) is 0 Å². The Hall–Kier alpha value is -2.03. The molecular weight excluding hydrogens is 285 g/mol. The zero-order chi connectivity index (χ0) is 15.7. The molecule has 22 heavy (non-hydrogen) atoms. The fraction of sp³-hybridized carbons (Fsp3) is 0.263. The van der Waals surface area contributed by atoms with Gasteiger partial charge in [0.15, 0.2) is 17.5 Å². The van der Waals surface area contributed by atoms with Crippen molar-refractivity contribution in [1.29, 1.82) is 0 Å². The van der Waals surface area contributed by atoms with Gasteiger partial charge in [-0.2, -0.15) is 0 Å². The molecule has 0 spiro atoms. The lowest BCUT2D eigenvalue weighted by molar-refractivity contribution is 0.448. The van der Waals surface area contributed by atoms with E-state index in [0.717, 1.165) is 36.5 Å². The van der Waals surface area contributed by atoms with E-state index >= 15 is 0 Å². The molecule has 0 aliphatic heterocycles. The maximum Gasteiger partial charge on any atom is 0.194 e. The molecule has 1 aliphatic carbocycles. The van der Waals surface area contributed by atoms with Crippen molar-refractivity contribution in [2.45, 2.75) is 26.2 Å². The van der Waals surface area contributed by atoms with Crippen molar-refractivity contribution in [3.05, 3.63) is 65.5 Å². The zero-order valence-corrected chi connectivity index (χ0v) is 12.4. The molecule has 1 aliphatic rings. The monoisotopic (exact) mass is 302 g/mol. The number of allylic oxidation sites excluding steroid dienone is 2. The number of benzene rings is 2. The van der Waals surface area contributed by atoms with Crippen molar-refractivity contribution in [3.63, 3.8) is 0 Å². The van der Waals surface area contributed by atoms with Crippen LogP contribution in [0.3, 0.4) is 0 Å². The fourth-order valence-electron chi connectivity index (χ4n) is 2.83. The normalized spacial score (nSPS) is 18.2. The first-order chi connectivity index (χ1) is 10.5. The van der Waals surface area contributed by atoms with E-state index in [1.165, 1.54) is 12.0 Å². The second-order valence-electron chi connectivity index (χ2n) is 5.94. The van der Waals surface area contributed by atoms with E-state index in [-0.39, 0.29) is 0 Å². The maximum absolute atomic E-state index is 13.3. The summed E-state index contributed by atoms with van der Waals surface area (Å²) in [4.78, 5) is 0. The van der Waals surface area contributed by atoms with Gasteiger partial charge in [-0.15, -0.1) is 0 Å². The van der Waals surface area contributed by atoms with Crippen LogP contribution in [0.25, 0.3) is 16.7 Å². The highest BCUT2D eigenvalue weighted by Crippen LogP contribution is 2.31. The summed E-state index contributed by atoms with van der Waals surface area (Å²) in [6, 6.07) is 9.59. The molecule has 3 rings (SSSR count). The van der Waals surface area contributed by atoms with Gasteiger partial charge in [-0.25, -0.2) is 13.2 Å². The van der Waals surface area contributed by atoms with Crippen LogP contribution in [0.4, 0.5) is 13.2 Å². The Labute approximate surface area is 128 Å². The molecule has 0 nitrogen and oxygen atoms in total. The summed E-state index contributed by atoms with van der Waals surface area (Å²) >= 11 is 0. The highest BCUT2D eigenvalue weighted by atomic mass is 19.2. The summed E-state index contributed by atoms with van der Waals surface area (Å²) in [5.74, 6) is -3.03. The molecule has 3 heteroatoms. The Kier molecular flexibility index (Phi) is 4.06. The summed E-state index contributed by atoms with van der Waals surface area (Å²) in [6.07, 6.45) is 5.59. The molecular formula is C19H17F3. The lowest BCUT2D eigenvalue weighted by atomic mass is 9.87. The van der Waals surface area contributed by atoms with Crippen LogP contribution < -0.4 is 0 Å². The second kappa shape index (κ2) is 5.99. The Bertz CT molecular complexity index is 691. The molecule has 0 heterocycles. The van der Waals surface area contributed by atoms with Crippen molar-refractivity contribution < 1.29 is 13.2 Å². The molecule has 0 aromatic heterocycles. The van der Waals surface area contributed by atoms with Gasteiger partial charge in [0.25, 0.3) is 0 Å². The van der Waals surface area contributed by atoms with Gasteiger partial charge in [-0.3, -0.25) is 0 Å². The number of hydrogen-bond donors (Lipinski definition) is 0. The molecule has 2 aromatic rings. The third-order valence-corrected chi connectivity index (χ3v) is 4.25. The molecule has 0 radical (unpaired) electrons. The first-order valence-corrected chi connectivity index (χ1v) is 7.49. The summed E-state index contributed by atoms with van der Waals surface area (Å²) in [6.45, 7) is 2.24. The van der Waals surface area contributed by atoms with Crippen molar-refractivity contribution in [2.24, 2.45) is 5.92 Å². The van der Waals surface area contributed by atoms with Gasteiger partial charge in [-0.1, -0.05) is 37.3 Å². The highest BCUT2D eigenvalue weighted by Gasteiger charge is 2.13. The maximum atomic E-state index is 13.3. The smallest absolute Gasteiger partial charge is 0.194 e. The summed E-state index contributed by atoms with van der Waals surface area (Å²) in [5, 5.41) is 0. The van der Waals surface area contributed by atoms with E-state index in [0.29, 0.717) is 11.1 Å². The van der Waals surface area contributed by atoms with Crippen LogP contribution in [0.15, 0.2) is 42.5 Å². The Morgan fingerprint density at radius 1 is 0.864 bits per heavy atom. The molecule has 114 valence electrons. The van der Waals surface area contributed by atoms with Crippen LogP contribution in [0, 0.1) is 23.4 Å². The number of hydrogen-bond acceptors (Lipinski definition) is 0.